The highest BCUT2D eigenvalue weighted by atomic mass is 32.2. The third-order valence-corrected chi connectivity index (χ3v) is 5.05. The average molecular weight is 399 g/mol. The number of aromatic nitrogens is 2. The second-order valence-corrected chi connectivity index (χ2v) is 7.12. The van der Waals surface area contributed by atoms with Gasteiger partial charge in [-0.25, -0.2) is 4.98 Å². The molecule has 2 aromatic rings. The van der Waals surface area contributed by atoms with Crippen LogP contribution in [-0.4, -0.2) is 35.3 Å². The minimum absolute atomic E-state index is 0.115. The van der Waals surface area contributed by atoms with Gasteiger partial charge in [0.15, 0.2) is 16.7 Å². The largest absolute Gasteiger partial charge is 0.493 e. The van der Waals surface area contributed by atoms with Crippen LogP contribution in [0.15, 0.2) is 28.2 Å². The highest BCUT2D eigenvalue weighted by molar-refractivity contribution is 7.99. The zero-order chi connectivity index (χ0) is 20.1. The Labute approximate surface area is 167 Å². The first-order chi connectivity index (χ1) is 13.6. The van der Waals surface area contributed by atoms with Gasteiger partial charge in [0, 0.05) is 17.9 Å². The number of nitrogens with one attached hydrogen (secondary N) is 2. The van der Waals surface area contributed by atoms with E-state index in [-0.39, 0.29) is 23.7 Å². The van der Waals surface area contributed by atoms with E-state index in [4.69, 9.17) is 15.9 Å². The van der Waals surface area contributed by atoms with Crippen LogP contribution in [0.4, 0.5) is 5.82 Å². The average Bonchev–Trinajstić information content (AvgIpc) is 2.69. The molecule has 0 fully saturated rings. The molecule has 1 aromatic heterocycles. The number of hydrogen-bond donors (Lipinski definition) is 2. The maximum Gasteiger partial charge on any atom is 0.257 e. The summed E-state index contributed by atoms with van der Waals surface area (Å²) in [6.45, 7) is 2.50. The van der Waals surface area contributed by atoms with Crippen LogP contribution in [0.25, 0.3) is 0 Å². The highest BCUT2D eigenvalue weighted by Crippen LogP contribution is 2.42. The fourth-order valence-electron chi connectivity index (χ4n) is 3.12. The molecule has 1 aromatic carbocycles. The van der Waals surface area contributed by atoms with Gasteiger partial charge in [-0.2, -0.15) is 0 Å². The maximum atomic E-state index is 12.8. The standard InChI is InChI=1S/C20H21N3O4S/c1-4-9-27-17-12(7-6-8-14(17)26-3)13-11-15(24)21-18-16(13)19(25)23-20(22-18)28-10-5-2/h2,6-8,13H,4,9-11H2,1,3H3,(H2,21,22,23,24,25)/t13-/m0/s1. The Balaban J connectivity index is 2.12. The number of carbonyl (C=O) groups excluding carboxylic acids is 1. The molecule has 0 saturated heterocycles. The number of amides is 1. The Morgan fingerprint density at radius 1 is 1.39 bits per heavy atom. The molecule has 1 amide bonds. The van der Waals surface area contributed by atoms with Crippen LogP contribution in [0, 0.1) is 12.3 Å². The number of carbonyl (C=O) groups is 1. The van der Waals surface area contributed by atoms with E-state index in [9.17, 15) is 9.59 Å². The van der Waals surface area contributed by atoms with Crippen LogP contribution in [0.2, 0.25) is 0 Å². The Kier molecular flexibility index (Phi) is 6.26. The molecule has 0 aliphatic carbocycles. The number of fused-ring (bicyclic) bond motifs is 1. The highest BCUT2D eigenvalue weighted by Gasteiger charge is 2.33. The van der Waals surface area contributed by atoms with E-state index in [0.29, 0.717) is 34.6 Å². The lowest BCUT2D eigenvalue weighted by atomic mass is 9.86. The van der Waals surface area contributed by atoms with Crippen molar-refractivity contribution in [3.8, 4) is 23.8 Å². The Bertz CT molecular complexity index is 980. The van der Waals surface area contributed by atoms with Gasteiger partial charge in [-0.1, -0.05) is 36.7 Å². The first-order valence-corrected chi connectivity index (χ1v) is 9.87. The number of terminal acetylenes is 1. The number of aromatic amines is 1. The molecule has 146 valence electrons. The van der Waals surface area contributed by atoms with E-state index in [1.54, 1.807) is 13.2 Å². The first kappa shape index (κ1) is 19.8. The van der Waals surface area contributed by atoms with E-state index in [1.165, 1.54) is 11.8 Å². The van der Waals surface area contributed by atoms with Crippen LogP contribution >= 0.6 is 11.8 Å². The predicted octanol–water partition coefficient (Wildman–Crippen LogP) is 2.77. The van der Waals surface area contributed by atoms with Crippen LogP contribution in [0.1, 0.15) is 36.8 Å². The molecule has 2 heterocycles. The fourth-order valence-corrected chi connectivity index (χ4v) is 3.66. The number of H-pyrrole nitrogens is 1. The smallest absolute Gasteiger partial charge is 0.257 e. The number of benzene rings is 1. The number of rotatable bonds is 7. The number of para-hydroxylation sites is 1. The molecule has 1 atom stereocenters. The molecule has 7 nitrogen and oxygen atoms in total. The maximum absolute atomic E-state index is 12.8. The number of methoxy groups -OCH3 is 1. The molecule has 2 N–H and O–H groups in total. The Hall–Kier alpha value is -2.92. The summed E-state index contributed by atoms with van der Waals surface area (Å²) < 4.78 is 11.3. The molecule has 0 radical (unpaired) electrons. The Morgan fingerprint density at radius 2 is 2.21 bits per heavy atom. The zero-order valence-corrected chi connectivity index (χ0v) is 16.5. The third kappa shape index (κ3) is 3.99. The summed E-state index contributed by atoms with van der Waals surface area (Å²) in [7, 11) is 1.56. The quantitative estimate of drug-likeness (QED) is 0.422. The molecule has 1 aliphatic rings. The van der Waals surface area contributed by atoms with Gasteiger partial charge in [0.25, 0.3) is 5.56 Å². The van der Waals surface area contributed by atoms with Gasteiger partial charge in [-0.05, 0) is 12.5 Å². The fraction of sp³-hybridized carbons (Fsp3) is 0.350. The number of nitrogens with zero attached hydrogens (tertiary/aromatic N) is 1. The SMILES string of the molecule is C#CCSc1nc2c(c(=O)[nH]1)[C@H](c1cccc(OC)c1OCCC)CC(=O)N2. The van der Waals surface area contributed by atoms with E-state index in [1.807, 2.05) is 19.1 Å². The van der Waals surface area contributed by atoms with E-state index < -0.39 is 5.92 Å². The number of thioether (sulfide) groups is 1. The van der Waals surface area contributed by atoms with Gasteiger partial charge in [0.2, 0.25) is 5.91 Å². The van der Waals surface area contributed by atoms with Crippen molar-refractivity contribution in [3.05, 3.63) is 39.7 Å². The minimum atomic E-state index is -0.492. The summed E-state index contributed by atoms with van der Waals surface area (Å²) in [5.41, 5.74) is 0.818. The van der Waals surface area contributed by atoms with E-state index in [0.717, 1.165) is 12.0 Å². The second kappa shape index (κ2) is 8.85. The van der Waals surface area contributed by atoms with Crippen LogP contribution in [0.5, 0.6) is 11.5 Å². The normalized spacial score (nSPS) is 15.3. The molecule has 28 heavy (non-hydrogen) atoms. The third-order valence-electron chi connectivity index (χ3n) is 4.28. The molecular formula is C20H21N3O4S. The van der Waals surface area contributed by atoms with Crippen molar-refractivity contribution in [3.63, 3.8) is 0 Å². The van der Waals surface area contributed by atoms with Crippen molar-refractivity contribution in [2.45, 2.75) is 30.8 Å². The van der Waals surface area contributed by atoms with Crippen molar-refractivity contribution in [2.24, 2.45) is 0 Å². The van der Waals surface area contributed by atoms with Crippen molar-refractivity contribution in [1.29, 1.82) is 0 Å². The van der Waals surface area contributed by atoms with E-state index >= 15 is 0 Å². The molecule has 1 aliphatic heterocycles. The van der Waals surface area contributed by atoms with Gasteiger partial charge >= 0.3 is 0 Å². The topological polar surface area (TPSA) is 93.3 Å². The summed E-state index contributed by atoms with van der Waals surface area (Å²) in [5.74, 6) is 3.50. The first-order valence-electron chi connectivity index (χ1n) is 8.89. The summed E-state index contributed by atoms with van der Waals surface area (Å²) in [5, 5.41) is 3.07. The van der Waals surface area contributed by atoms with Crippen LogP contribution in [-0.2, 0) is 4.79 Å². The summed E-state index contributed by atoms with van der Waals surface area (Å²) in [4.78, 5) is 32.3. The molecule has 8 heteroatoms. The molecule has 0 saturated carbocycles. The van der Waals surface area contributed by atoms with Gasteiger partial charge < -0.3 is 19.8 Å². The van der Waals surface area contributed by atoms with Crippen molar-refractivity contribution in [2.75, 3.05) is 24.8 Å². The Morgan fingerprint density at radius 3 is 2.93 bits per heavy atom. The van der Waals surface area contributed by atoms with Crippen LogP contribution < -0.4 is 20.3 Å². The lowest BCUT2D eigenvalue weighted by Gasteiger charge is -2.26. The summed E-state index contributed by atoms with van der Waals surface area (Å²) >= 11 is 1.23. The molecule has 0 spiro atoms. The predicted molar refractivity (Wildman–Crippen MR) is 108 cm³/mol. The van der Waals surface area contributed by atoms with Gasteiger partial charge in [-0.3, -0.25) is 9.59 Å². The minimum Gasteiger partial charge on any atom is -0.493 e. The lowest BCUT2D eigenvalue weighted by Crippen LogP contribution is -2.31. The van der Waals surface area contributed by atoms with E-state index in [2.05, 4.69) is 21.2 Å². The number of hydrogen-bond acceptors (Lipinski definition) is 6. The monoisotopic (exact) mass is 399 g/mol. The number of anilines is 1. The van der Waals surface area contributed by atoms with Crippen molar-refractivity contribution in [1.82, 2.24) is 9.97 Å². The molecular weight excluding hydrogens is 378 g/mol. The molecule has 0 unspecified atom stereocenters. The van der Waals surface area contributed by atoms with Gasteiger partial charge in [-0.15, -0.1) is 6.42 Å². The number of ether oxygens (including phenoxy) is 2. The zero-order valence-electron chi connectivity index (χ0n) is 15.7. The van der Waals surface area contributed by atoms with Crippen LogP contribution in [0.3, 0.4) is 0 Å². The molecule has 3 rings (SSSR count). The second-order valence-electron chi connectivity index (χ2n) is 6.16. The van der Waals surface area contributed by atoms with Gasteiger partial charge in [0.1, 0.15) is 5.82 Å². The lowest BCUT2D eigenvalue weighted by molar-refractivity contribution is -0.116. The van der Waals surface area contributed by atoms with Crippen molar-refractivity contribution < 1.29 is 14.3 Å². The summed E-state index contributed by atoms with van der Waals surface area (Å²) in [6, 6.07) is 5.46. The summed E-state index contributed by atoms with van der Waals surface area (Å²) in [6.07, 6.45) is 6.20. The van der Waals surface area contributed by atoms with Gasteiger partial charge in [0.05, 0.1) is 25.0 Å². The molecule has 0 bridgehead atoms. The van der Waals surface area contributed by atoms with Crippen molar-refractivity contribution >= 4 is 23.5 Å².